The van der Waals surface area contributed by atoms with Gasteiger partial charge in [-0.2, -0.15) is 0 Å². The molecule has 0 aliphatic rings. The lowest BCUT2D eigenvalue weighted by molar-refractivity contribution is 0.102. The van der Waals surface area contributed by atoms with Gasteiger partial charge in [0.2, 0.25) is 0 Å². The number of rotatable bonds is 7. The monoisotopic (exact) mass is 311 g/mol. The van der Waals surface area contributed by atoms with E-state index < -0.39 is 0 Å². The molecule has 0 spiro atoms. The highest BCUT2D eigenvalue weighted by Crippen LogP contribution is 2.19. The first kappa shape index (κ1) is 17.0. The van der Waals surface area contributed by atoms with E-state index in [4.69, 9.17) is 0 Å². The maximum Gasteiger partial charge on any atom is 0.274 e. The number of carbonyl (C=O) groups excluding carboxylic acids is 1. The number of unbranched alkanes of at least 4 members (excludes halogenated alkanes) is 2. The number of nitrogens with one attached hydrogen (secondary N) is 2. The van der Waals surface area contributed by atoms with Crippen LogP contribution in [0.5, 0.6) is 0 Å². The summed E-state index contributed by atoms with van der Waals surface area (Å²) in [6, 6.07) is 9.57. The van der Waals surface area contributed by atoms with E-state index in [2.05, 4.69) is 22.5 Å². The second-order valence-corrected chi connectivity index (χ2v) is 5.77. The predicted octanol–water partition coefficient (Wildman–Crippen LogP) is 4.55. The molecule has 4 nitrogen and oxygen atoms in total. The van der Waals surface area contributed by atoms with E-state index >= 15 is 0 Å². The zero-order valence-corrected chi connectivity index (χ0v) is 14.1. The fourth-order valence-electron chi connectivity index (χ4n) is 2.35. The van der Waals surface area contributed by atoms with Crippen LogP contribution in [0.2, 0.25) is 0 Å². The molecule has 23 heavy (non-hydrogen) atoms. The van der Waals surface area contributed by atoms with Crippen molar-refractivity contribution in [2.45, 2.75) is 40.0 Å². The number of hydrogen-bond acceptors (Lipinski definition) is 3. The fourth-order valence-corrected chi connectivity index (χ4v) is 2.35. The molecule has 2 aromatic rings. The second-order valence-electron chi connectivity index (χ2n) is 5.77. The van der Waals surface area contributed by atoms with Gasteiger partial charge in [-0.1, -0.05) is 31.9 Å². The summed E-state index contributed by atoms with van der Waals surface area (Å²) in [5.41, 5.74) is 4.42. The summed E-state index contributed by atoms with van der Waals surface area (Å²) in [6.45, 7) is 7.13. The van der Waals surface area contributed by atoms with Gasteiger partial charge in [0.05, 0.1) is 0 Å². The first-order valence-corrected chi connectivity index (χ1v) is 8.19. The van der Waals surface area contributed by atoms with Gasteiger partial charge in [-0.25, -0.2) is 0 Å². The van der Waals surface area contributed by atoms with Crippen molar-refractivity contribution in [3.63, 3.8) is 0 Å². The highest BCUT2D eigenvalue weighted by molar-refractivity contribution is 6.03. The molecule has 1 amide bonds. The predicted molar refractivity (Wildman–Crippen MR) is 96.1 cm³/mol. The van der Waals surface area contributed by atoms with Gasteiger partial charge in [-0.05, 0) is 49.6 Å². The number of anilines is 2. The average Bonchev–Trinajstić information content (AvgIpc) is 2.56. The van der Waals surface area contributed by atoms with Gasteiger partial charge < -0.3 is 10.6 Å². The molecule has 1 heterocycles. The van der Waals surface area contributed by atoms with Crippen LogP contribution >= 0.6 is 0 Å². The fraction of sp³-hybridized carbons (Fsp3) is 0.368. The molecule has 122 valence electrons. The summed E-state index contributed by atoms with van der Waals surface area (Å²) in [7, 11) is 0. The highest BCUT2D eigenvalue weighted by atomic mass is 16.1. The van der Waals surface area contributed by atoms with E-state index in [0.29, 0.717) is 5.69 Å². The SMILES string of the molecule is CCCCCNc1ccnc(C(=O)Nc2cccc(C)c2C)c1. The van der Waals surface area contributed by atoms with Crippen molar-refractivity contribution in [1.29, 1.82) is 0 Å². The molecule has 0 atom stereocenters. The number of benzene rings is 1. The molecule has 0 radical (unpaired) electrons. The van der Waals surface area contributed by atoms with E-state index in [1.165, 1.54) is 12.8 Å². The van der Waals surface area contributed by atoms with Crippen LogP contribution in [0.15, 0.2) is 36.5 Å². The molecule has 0 saturated carbocycles. The molecule has 1 aromatic heterocycles. The van der Waals surface area contributed by atoms with Crippen molar-refractivity contribution in [2.24, 2.45) is 0 Å². The van der Waals surface area contributed by atoms with Crippen molar-refractivity contribution >= 4 is 17.3 Å². The molecule has 1 aromatic carbocycles. The number of hydrogen-bond donors (Lipinski definition) is 2. The number of amides is 1. The molecule has 2 N–H and O–H groups in total. The summed E-state index contributed by atoms with van der Waals surface area (Å²) < 4.78 is 0. The van der Waals surface area contributed by atoms with Gasteiger partial charge in [0.15, 0.2) is 0 Å². The average molecular weight is 311 g/mol. The van der Waals surface area contributed by atoms with Gasteiger partial charge in [0.1, 0.15) is 5.69 Å². The lowest BCUT2D eigenvalue weighted by atomic mass is 10.1. The van der Waals surface area contributed by atoms with Crippen LogP contribution in [0.3, 0.4) is 0 Å². The van der Waals surface area contributed by atoms with E-state index in [-0.39, 0.29) is 5.91 Å². The molecule has 4 heteroatoms. The van der Waals surface area contributed by atoms with Crippen LogP contribution < -0.4 is 10.6 Å². The van der Waals surface area contributed by atoms with Gasteiger partial charge in [-0.15, -0.1) is 0 Å². The van der Waals surface area contributed by atoms with Crippen LogP contribution in [0.4, 0.5) is 11.4 Å². The third-order valence-electron chi connectivity index (χ3n) is 3.95. The van der Waals surface area contributed by atoms with Crippen LogP contribution in [-0.2, 0) is 0 Å². The van der Waals surface area contributed by atoms with E-state index in [9.17, 15) is 4.79 Å². The summed E-state index contributed by atoms with van der Waals surface area (Å²) in [5, 5.41) is 6.28. The molecule has 0 unspecified atom stereocenters. The zero-order valence-electron chi connectivity index (χ0n) is 14.1. The second kappa shape index (κ2) is 8.32. The third-order valence-corrected chi connectivity index (χ3v) is 3.95. The number of nitrogens with zero attached hydrogens (tertiary/aromatic N) is 1. The number of pyridine rings is 1. The van der Waals surface area contributed by atoms with Crippen molar-refractivity contribution in [3.8, 4) is 0 Å². The number of aromatic nitrogens is 1. The molecular weight excluding hydrogens is 286 g/mol. The number of carbonyl (C=O) groups is 1. The normalized spacial score (nSPS) is 10.4. The van der Waals surface area contributed by atoms with Gasteiger partial charge in [0, 0.05) is 24.1 Å². The Bertz CT molecular complexity index is 667. The first-order chi connectivity index (χ1) is 11.1. The summed E-state index contributed by atoms with van der Waals surface area (Å²) >= 11 is 0. The Balaban J connectivity index is 2.03. The summed E-state index contributed by atoms with van der Waals surface area (Å²) in [6.07, 6.45) is 5.20. The minimum Gasteiger partial charge on any atom is -0.385 e. The zero-order chi connectivity index (χ0) is 16.7. The Hall–Kier alpha value is -2.36. The molecular formula is C19H25N3O. The van der Waals surface area contributed by atoms with Gasteiger partial charge >= 0.3 is 0 Å². The first-order valence-electron chi connectivity index (χ1n) is 8.19. The molecule has 0 aliphatic carbocycles. The Morgan fingerprint density at radius 1 is 1.17 bits per heavy atom. The molecule has 2 rings (SSSR count). The number of aryl methyl sites for hydroxylation is 1. The van der Waals surface area contributed by atoms with Crippen molar-refractivity contribution < 1.29 is 4.79 Å². The molecule has 0 fully saturated rings. The standard InChI is InChI=1S/C19H25N3O/c1-4-5-6-11-20-16-10-12-21-18(13-16)19(23)22-17-9-7-8-14(2)15(17)3/h7-10,12-13H,4-6,11H2,1-3H3,(H,20,21)(H,22,23). The van der Waals surface area contributed by atoms with Crippen molar-refractivity contribution in [1.82, 2.24) is 4.98 Å². The van der Waals surface area contributed by atoms with Crippen LogP contribution in [0.1, 0.15) is 47.8 Å². The largest absolute Gasteiger partial charge is 0.385 e. The quantitative estimate of drug-likeness (QED) is 0.737. The minimum atomic E-state index is -0.184. The molecule has 0 saturated heterocycles. The summed E-state index contributed by atoms with van der Waals surface area (Å²) in [5.74, 6) is -0.184. The Morgan fingerprint density at radius 2 is 2.00 bits per heavy atom. The molecule has 0 aliphatic heterocycles. The maximum absolute atomic E-state index is 12.4. The van der Waals surface area contributed by atoms with Gasteiger partial charge in [0.25, 0.3) is 5.91 Å². The minimum absolute atomic E-state index is 0.184. The Kier molecular flexibility index (Phi) is 6.15. The van der Waals surface area contributed by atoms with Crippen molar-refractivity contribution in [3.05, 3.63) is 53.3 Å². The van der Waals surface area contributed by atoms with Gasteiger partial charge in [-0.3, -0.25) is 9.78 Å². The molecule has 0 bridgehead atoms. The highest BCUT2D eigenvalue weighted by Gasteiger charge is 2.10. The Morgan fingerprint density at radius 3 is 2.78 bits per heavy atom. The smallest absolute Gasteiger partial charge is 0.274 e. The third kappa shape index (κ3) is 4.81. The van der Waals surface area contributed by atoms with E-state index in [1.807, 2.05) is 38.1 Å². The van der Waals surface area contributed by atoms with Crippen LogP contribution in [-0.4, -0.2) is 17.4 Å². The maximum atomic E-state index is 12.4. The van der Waals surface area contributed by atoms with Crippen LogP contribution in [0.25, 0.3) is 0 Å². The Labute approximate surface area is 138 Å². The van der Waals surface area contributed by atoms with Crippen LogP contribution in [0, 0.1) is 13.8 Å². The lowest BCUT2D eigenvalue weighted by Crippen LogP contribution is -2.15. The van der Waals surface area contributed by atoms with Crippen molar-refractivity contribution in [2.75, 3.05) is 17.2 Å². The van der Waals surface area contributed by atoms with E-state index in [1.54, 1.807) is 12.3 Å². The van der Waals surface area contributed by atoms with E-state index in [0.717, 1.165) is 35.5 Å². The topological polar surface area (TPSA) is 54.0 Å². The lowest BCUT2D eigenvalue weighted by Gasteiger charge is -2.11. The summed E-state index contributed by atoms with van der Waals surface area (Å²) in [4.78, 5) is 16.6.